The van der Waals surface area contributed by atoms with Gasteiger partial charge in [-0.1, -0.05) is 23.8 Å². The van der Waals surface area contributed by atoms with Crippen LogP contribution in [0.25, 0.3) is 6.08 Å². The molecule has 9 nitrogen and oxygen atoms in total. The Balaban J connectivity index is 1.83. The van der Waals surface area contributed by atoms with Gasteiger partial charge in [-0.3, -0.25) is 4.79 Å². The molecule has 3 aromatic rings. The molecule has 0 atom stereocenters. The molecule has 0 aromatic heterocycles. The summed E-state index contributed by atoms with van der Waals surface area (Å²) in [5, 5.41) is 12.1. The minimum absolute atomic E-state index is 0.0350. The fourth-order valence-corrected chi connectivity index (χ4v) is 4.07. The van der Waals surface area contributed by atoms with Crippen molar-refractivity contribution in [1.82, 2.24) is 0 Å². The van der Waals surface area contributed by atoms with Gasteiger partial charge in [-0.05, 0) is 74.0 Å². The van der Waals surface area contributed by atoms with Gasteiger partial charge in [0.05, 0.1) is 19.3 Å². The van der Waals surface area contributed by atoms with Gasteiger partial charge in [0.25, 0.3) is 5.91 Å². The minimum Gasteiger partial charge on any atom is -0.493 e. The molecule has 0 fully saturated rings. The summed E-state index contributed by atoms with van der Waals surface area (Å²) < 4.78 is 40.9. The molecule has 0 saturated heterocycles. The van der Waals surface area contributed by atoms with Crippen LogP contribution in [0.4, 0.5) is 5.69 Å². The van der Waals surface area contributed by atoms with Gasteiger partial charge in [0.15, 0.2) is 11.5 Å². The molecule has 3 rings (SSSR count). The van der Waals surface area contributed by atoms with Gasteiger partial charge in [0.1, 0.15) is 16.5 Å². The van der Waals surface area contributed by atoms with E-state index in [0.29, 0.717) is 16.8 Å². The van der Waals surface area contributed by atoms with E-state index in [1.54, 1.807) is 25.1 Å². The van der Waals surface area contributed by atoms with Crippen molar-refractivity contribution in [3.05, 3.63) is 89.0 Å². The summed E-state index contributed by atoms with van der Waals surface area (Å²) in [6, 6.07) is 18.3. The first kappa shape index (κ1) is 27.0. The van der Waals surface area contributed by atoms with Crippen LogP contribution in [0.2, 0.25) is 0 Å². The quantitative estimate of drug-likeness (QED) is 0.189. The van der Waals surface area contributed by atoms with Gasteiger partial charge in [-0.15, -0.1) is 0 Å². The first-order valence-corrected chi connectivity index (χ1v) is 12.5. The molecule has 0 saturated carbocycles. The highest BCUT2D eigenvalue weighted by Crippen LogP contribution is 2.31. The van der Waals surface area contributed by atoms with Crippen LogP contribution in [0.1, 0.15) is 28.4 Å². The number of nitriles is 1. The second-order valence-corrected chi connectivity index (χ2v) is 9.23. The van der Waals surface area contributed by atoms with Crippen molar-refractivity contribution >= 4 is 33.8 Å². The van der Waals surface area contributed by atoms with E-state index in [1.165, 1.54) is 61.7 Å². The van der Waals surface area contributed by atoms with E-state index in [1.807, 2.05) is 13.0 Å². The second-order valence-electron chi connectivity index (χ2n) is 7.68. The van der Waals surface area contributed by atoms with Crippen LogP contribution in [0.15, 0.2) is 77.2 Å². The smallest absolute Gasteiger partial charge is 0.339 e. The largest absolute Gasteiger partial charge is 0.493 e. The van der Waals surface area contributed by atoms with Gasteiger partial charge in [-0.25, -0.2) is 4.79 Å². The summed E-state index contributed by atoms with van der Waals surface area (Å²) in [6.45, 7) is 3.77. The molecular weight excluding hydrogens is 496 g/mol. The molecule has 1 amide bonds. The predicted molar refractivity (Wildman–Crippen MR) is 137 cm³/mol. The number of ether oxygens (including phenoxy) is 2. The average Bonchev–Trinajstić information content (AvgIpc) is 2.88. The van der Waals surface area contributed by atoms with Crippen LogP contribution in [0.5, 0.6) is 11.5 Å². The molecule has 10 heteroatoms. The summed E-state index contributed by atoms with van der Waals surface area (Å²) >= 11 is 0. The number of hydrogen-bond donors (Lipinski definition) is 1. The first-order chi connectivity index (χ1) is 17.7. The lowest BCUT2D eigenvalue weighted by Gasteiger charge is -2.12. The number of esters is 1. The standard InChI is InChI=1S/C27H24N2O7S/c1-4-35-27(31)20-8-10-22(11-9-20)29-26(30)21(17-28)15-19-7-14-24(34-3)25(16-19)36-37(32,33)23-12-5-18(2)6-13-23/h5-16H,4H2,1-3H3,(H,29,30)/b21-15+. The lowest BCUT2D eigenvalue weighted by molar-refractivity contribution is -0.112. The molecule has 190 valence electrons. The number of methoxy groups -OCH3 is 1. The van der Waals surface area contributed by atoms with E-state index in [0.717, 1.165) is 5.56 Å². The Hall–Kier alpha value is -4.62. The van der Waals surface area contributed by atoms with Gasteiger partial charge in [0.2, 0.25) is 0 Å². The van der Waals surface area contributed by atoms with Crippen LogP contribution in [-0.4, -0.2) is 34.0 Å². The third-order valence-corrected chi connectivity index (χ3v) is 6.28. The molecule has 0 radical (unpaired) electrons. The van der Waals surface area contributed by atoms with Gasteiger partial charge >= 0.3 is 16.1 Å². The zero-order valence-corrected chi connectivity index (χ0v) is 21.2. The van der Waals surface area contributed by atoms with Crippen molar-refractivity contribution in [2.45, 2.75) is 18.7 Å². The van der Waals surface area contributed by atoms with Gasteiger partial charge in [0, 0.05) is 5.69 Å². The van der Waals surface area contributed by atoms with E-state index in [9.17, 15) is 23.3 Å². The molecule has 0 aliphatic heterocycles. The number of hydrogen-bond acceptors (Lipinski definition) is 8. The molecule has 0 aliphatic carbocycles. The Labute approximate surface area is 215 Å². The molecule has 0 aliphatic rings. The highest BCUT2D eigenvalue weighted by molar-refractivity contribution is 7.87. The Kier molecular flexibility index (Phi) is 8.66. The van der Waals surface area contributed by atoms with Crippen LogP contribution in [-0.2, 0) is 19.6 Å². The van der Waals surface area contributed by atoms with Crippen molar-refractivity contribution in [3.8, 4) is 17.6 Å². The minimum atomic E-state index is -4.16. The fraction of sp³-hybridized carbons (Fsp3) is 0.148. The molecule has 3 aromatic carbocycles. The molecule has 0 bridgehead atoms. The summed E-state index contributed by atoms with van der Waals surface area (Å²) in [6.07, 6.45) is 1.28. The van der Waals surface area contributed by atoms with Crippen LogP contribution < -0.4 is 14.2 Å². The zero-order valence-electron chi connectivity index (χ0n) is 20.3. The molecular formula is C27H24N2O7S. The van der Waals surface area contributed by atoms with Crippen LogP contribution in [0.3, 0.4) is 0 Å². The first-order valence-electron chi connectivity index (χ1n) is 11.1. The third-order valence-electron chi connectivity index (χ3n) is 5.03. The lowest BCUT2D eigenvalue weighted by atomic mass is 10.1. The van der Waals surface area contributed by atoms with E-state index >= 15 is 0 Å². The Morgan fingerprint density at radius 2 is 1.68 bits per heavy atom. The summed E-state index contributed by atoms with van der Waals surface area (Å²) in [5.41, 5.74) is 1.66. The number of anilines is 1. The topological polar surface area (TPSA) is 132 Å². The van der Waals surface area contributed by atoms with Crippen molar-refractivity contribution in [3.63, 3.8) is 0 Å². The number of nitrogens with one attached hydrogen (secondary N) is 1. The summed E-state index contributed by atoms with van der Waals surface area (Å²) in [4.78, 5) is 24.4. The SMILES string of the molecule is CCOC(=O)c1ccc(NC(=O)/C(C#N)=C/c2ccc(OC)c(OS(=O)(=O)c3ccc(C)cc3)c2)cc1. The number of amides is 1. The highest BCUT2D eigenvalue weighted by Gasteiger charge is 2.20. The number of aryl methyl sites for hydroxylation is 1. The van der Waals surface area contributed by atoms with Crippen molar-refractivity contribution in [1.29, 1.82) is 5.26 Å². The molecule has 0 spiro atoms. The maximum atomic E-state index is 12.7. The van der Waals surface area contributed by atoms with Gasteiger partial charge < -0.3 is 19.0 Å². The fourth-order valence-electron chi connectivity index (χ4n) is 3.14. The second kappa shape index (κ2) is 11.9. The molecule has 0 heterocycles. The van der Waals surface area contributed by atoms with E-state index in [4.69, 9.17) is 13.7 Å². The number of benzene rings is 3. The van der Waals surface area contributed by atoms with Crippen molar-refractivity contribution < 1.29 is 31.7 Å². The Morgan fingerprint density at radius 1 is 1.00 bits per heavy atom. The number of rotatable bonds is 9. The Bertz CT molecular complexity index is 1470. The number of carbonyl (C=O) groups is 2. The zero-order chi connectivity index (χ0) is 27.0. The number of carbonyl (C=O) groups excluding carboxylic acids is 2. The normalized spacial score (nSPS) is 11.2. The highest BCUT2D eigenvalue weighted by atomic mass is 32.2. The predicted octanol–water partition coefficient (Wildman–Crippen LogP) is 4.49. The van der Waals surface area contributed by atoms with E-state index in [2.05, 4.69) is 5.32 Å². The van der Waals surface area contributed by atoms with E-state index in [-0.39, 0.29) is 28.6 Å². The van der Waals surface area contributed by atoms with Crippen LogP contribution >= 0.6 is 0 Å². The maximum absolute atomic E-state index is 12.7. The van der Waals surface area contributed by atoms with E-state index < -0.39 is 22.0 Å². The van der Waals surface area contributed by atoms with Gasteiger partial charge in [-0.2, -0.15) is 13.7 Å². The van der Waals surface area contributed by atoms with Crippen LogP contribution in [0, 0.1) is 18.3 Å². The van der Waals surface area contributed by atoms with Crippen molar-refractivity contribution in [2.75, 3.05) is 19.0 Å². The molecule has 1 N–H and O–H groups in total. The average molecular weight is 521 g/mol. The lowest BCUT2D eigenvalue weighted by Crippen LogP contribution is -2.14. The third kappa shape index (κ3) is 6.96. The Morgan fingerprint density at radius 3 is 2.27 bits per heavy atom. The van der Waals surface area contributed by atoms with Crippen molar-refractivity contribution in [2.24, 2.45) is 0 Å². The summed E-state index contributed by atoms with van der Waals surface area (Å²) in [5.74, 6) is -1.14. The molecule has 0 unspecified atom stereocenters. The maximum Gasteiger partial charge on any atom is 0.339 e. The molecule has 37 heavy (non-hydrogen) atoms. The summed E-state index contributed by atoms with van der Waals surface area (Å²) in [7, 11) is -2.80. The number of nitrogens with zero attached hydrogens (tertiary/aromatic N) is 1. The monoisotopic (exact) mass is 520 g/mol.